The second kappa shape index (κ2) is 15.1. The number of halogens is 2. The van der Waals surface area contributed by atoms with Crippen LogP contribution < -0.4 is 11.4 Å². The lowest BCUT2D eigenvalue weighted by Crippen LogP contribution is -2.41. The Morgan fingerprint density at radius 1 is 0.897 bits per heavy atom. The zero-order valence-electron chi connectivity index (χ0n) is 37.8. The maximum atomic E-state index is 15.5. The van der Waals surface area contributed by atoms with Crippen LogP contribution >= 0.6 is 0 Å². The number of aryl methyl sites for hydroxylation is 3. The predicted octanol–water partition coefficient (Wildman–Crippen LogP) is 7.56. The number of H-pyrrole nitrogens is 1. The number of imidazole rings is 1. The van der Waals surface area contributed by atoms with Gasteiger partial charge in [-0.05, 0) is 118 Å². The largest absolute Gasteiger partial charge is 0.438 e. The first-order valence-electron chi connectivity index (χ1n) is 22.7. The maximum absolute atomic E-state index is 15.5. The van der Waals surface area contributed by atoms with Crippen molar-refractivity contribution < 1.29 is 22.8 Å². The molecular weight excluding hydrogens is 873 g/mol. The number of pyridine rings is 1. The summed E-state index contributed by atoms with van der Waals surface area (Å²) in [4.78, 5) is 51.5. The Balaban J connectivity index is 0.993. The van der Waals surface area contributed by atoms with E-state index in [2.05, 4.69) is 20.2 Å². The number of nitrogens with one attached hydrogen (secondary N) is 1. The van der Waals surface area contributed by atoms with Gasteiger partial charge in [-0.2, -0.15) is 10.2 Å². The summed E-state index contributed by atoms with van der Waals surface area (Å²) in [6.45, 7) is 10.5. The van der Waals surface area contributed by atoms with Crippen LogP contribution in [0.3, 0.4) is 0 Å². The molecule has 8 heterocycles. The zero-order valence-corrected chi connectivity index (χ0v) is 37.8. The molecule has 0 bridgehead atoms. The van der Waals surface area contributed by atoms with Crippen LogP contribution in [0.25, 0.3) is 50.1 Å². The fourth-order valence-electron chi connectivity index (χ4n) is 10.8. The van der Waals surface area contributed by atoms with Crippen molar-refractivity contribution in [2.24, 2.45) is 5.92 Å². The molecule has 1 amide bonds. The Bertz CT molecular complexity index is 3650. The van der Waals surface area contributed by atoms with Crippen molar-refractivity contribution in [2.75, 3.05) is 19.8 Å². The van der Waals surface area contributed by atoms with E-state index >= 15 is 13.6 Å². The second-order valence-corrected chi connectivity index (χ2v) is 18.5. The Morgan fingerprint density at radius 2 is 1.68 bits per heavy atom. The van der Waals surface area contributed by atoms with E-state index < -0.39 is 23.2 Å². The molecule has 1 saturated carbocycles. The number of carbonyl (C=O) groups excluding carboxylic acids is 1. The van der Waals surface area contributed by atoms with Gasteiger partial charge in [0.2, 0.25) is 0 Å². The summed E-state index contributed by atoms with van der Waals surface area (Å²) in [5.74, 6) is -1.14. The van der Waals surface area contributed by atoms with Gasteiger partial charge in [0.1, 0.15) is 22.9 Å². The van der Waals surface area contributed by atoms with E-state index in [0.29, 0.717) is 99.2 Å². The van der Waals surface area contributed by atoms with E-state index in [4.69, 9.17) is 14.4 Å². The molecule has 2 aliphatic heterocycles. The number of benzene rings is 3. The van der Waals surface area contributed by atoms with E-state index in [-0.39, 0.29) is 41.6 Å². The van der Waals surface area contributed by atoms with Crippen molar-refractivity contribution in [3.8, 4) is 28.3 Å². The minimum absolute atomic E-state index is 0.0575. The highest BCUT2D eigenvalue weighted by Crippen LogP contribution is 2.56. The monoisotopic (exact) mass is 917 g/mol. The van der Waals surface area contributed by atoms with E-state index in [1.165, 1.54) is 4.57 Å². The van der Waals surface area contributed by atoms with Crippen molar-refractivity contribution in [1.29, 1.82) is 0 Å². The van der Waals surface area contributed by atoms with Gasteiger partial charge in [0.15, 0.2) is 11.6 Å². The molecule has 12 rings (SSSR count). The van der Waals surface area contributed by atoms with Crippen LogP contribution in [0.4, 0.5) is 8.78 Å². The quantitative estimate of drug-likeness (QED) is 0.162. The van der Waals surface area contributed by atoms with Crippen LogP contribution in [0.2, 0.25) is 0 Å². The van der Waals surface area contributed by atoms with Gasteiger partial charge in [-0.25, -0.2) is 23.1 Å². The smallest absolute Gasteiger partial charge is 0.379 e. The third-order valence-electron chi connectivity index (χ3n) is 14.4. The van der Waals surface area contributed by atoms with Crippen molar-refractivity contribution >= 4 is 27.7 Å². The summed E-state index contributed by atoms with van der Waals surface area (Å²) in [5.41, 5.74) is 5.27. The number of hydrogen-bond acceptors (Lipinski definition) is 9. The Kier molecular flexibility index (Phi) is 9.28. The molecule has 4 atom stereocenters. The number of amides is 1. The number of carbonyl (C=O) groups is 1. The molecule has 16 nitrogen and oxygen atoms in total. The van der Waals surface area contributed by atoms with Gasteiger partial charge in [0.25, 0.3) is 5.91 Å². The van der Waals surface area contributed by atoms with Gasteiger partial charge in [0.05, 0.1) is 53.2 Å². The first-order chi connectivity index (χ1) is 32.8. The van der Waals surface area contributed by atoms with Gasteiger partial charge in [-0.1, -0.05) is 18.1 Å². The fourth-order valence-corrected chi connectivity index (χ4v) is 10.8. The molecule has 9 aromatic rings. The molecule has 0 radical (unpaired) electrons. The number of fused-ring (bicyclic) bond motifs is 3. The highest BCUT2D eigenvalue weighted by molar-refractivity contribution is 6.00. The van der Waals surface area contributed by atoms with Gasteiger partial charge in [-0.3, -0.25) is 33.1 Å². The van der Waals surface area contributed by atoms with Crippen LogP contribution in [0.1, 0.15) is 83.2 Å². The lowest BCUT2D eigenvalue weighted by molar-refractivity contribution is 0.0663. The molecule has 3 aromatic carbocycles. The lowest BCUT2D eigenvalue weighted by atomic mass is 9.98. The summed E-state index contributed by atoms with van der Waals surface area (Å²) in [7, 11) is 0. The first-order valence-corrected chi connectivity index (χ1v) is 22.7. The summed E-state index contributed by atoms with van der Waals surface area (Å²) in [5, 5.41) is 15.5. The molecule has 0 spiro atoms. The van der Waals surface area contributed by atoms with Crippen LogP contribution in [0, 0.1) is 38.3 Å². The fraction of sp³-hybridized carbons (Fsp3) is 0.300. The van der Waals surface area contributed by atoms with Gasteiger partial charge >= 0.3 is 11.4 Å². The number of hydrogen-bond donors (Lipinski definition) is 1. The van der Waals surface area contributed by atoms with Gasteiger partial charge < -0.3 is 14.2 Å². The summed E-state index contributed by atoms with van der Waals surface area (Å²) >= 11 is 0. The van der Waals surface area contributed by atoms with E-state index in [0.717, 1.165) is 17.3 Å². The molecule has 18 heteroatoms. The van der Waals surface area contributed by atoms with Crippen molar-refractivity contribution in [3.63, 3.8) is 0 Å². The normalized spacial score (nSPS) is 20.2. The Labute approximate surface area is 386 Å². The molecule has 0 unspecified atom stereocenters. The van der Waals surface area contributed by atoms with E-state index in [1.54, 1.807) is 84.0 Å². The average Bonchev–Trinajstić information content (AvgIpc) is 4.10. The molecule has 68 heavy (non-hydrogen) atoms. The summed E-state index contributed by atoms with van der Waals surface area (Å²) in [6.07, 6.45) is 8.53. The molecular formula is C50H45F2N11O5. The Morgan fingerprint density at radius 3 is 2.41 bits per heavy atom. The van der Waals surface area contributed by atoms with Gasteiger partial charge in [0, 0.05) is 65.6 Å². The minimum Gasteiger partial charge on any atom is -0.379 e. The highest BCUT2D eigenvalue weighted by Gasteiger charge is 2.59. The molecule has 6 aromatic heterocycles. The summed E-state index contributed by atoms with van der Waals surface area (Å²) < 4.78 is 50.0. The maximum Gasteiger partial charge on any atom is 0.438 e. The number of rotatable bonds is 8. The molecule has 1 aliphatic carbocycles. The third-order valence-corrected chi connectivity index (χ3v) is 14.4. The molecule has 3 aliphatic rings. The van der Waals surface area contributed by atoms with E-state index in [9.17, 15) is 9.59 Å². The zero-order chi connectivity index (χ0) is 46.9. The molecule has 1 N–H and O–H groups in total. The SMILES string of the molecule is Cc1cc(-n2nc3c(c2-n2ccn(-c4ccc5c(cnn5[C@@H]5CCOC5)c4)c2=O)[C@H](C)N(C(=O)c2cc4cc(-c5ccnc(C)c5F)ccc4n2[C@@]2(c4noc(=O)[nH]4)C[C@@H]2C)CC3)cc(C)c1F. The highest BCUT2D eigenvalue weighted by atomic mass is 19.1. The number of nitrogens with zero attached hydrogens (tertiary/aromatic N) is 10. The van der Waals surface area contributed by atoms with Crippen molar-refractivity contribution in [1.82, 2.24) is 53.3 Å². The predicted molar refractivity (Wildman–Crippen MR) is 247 cm³/mol. The third kappa shape index (κ3) is 6.15. The second-order valence-electron chi connectivity index (χ2n) is 18.5. The lowest BCUT2D eigenvalue weighted by Gasteiger charge is -2.34. The van der Waals surface area contributed by atoms with Crippen LogP contribution in [0.15, 0.2) is 99.6 Å². The molecule has 344 valence electrons. The first kappa shape index (κ1) is 41.7. The van der Waals surface area contributed by atoms with Crippen molar-refractivity contribution in [2.45, 2.75) is 71.5 Å². The minimum atomic E-state index is -0.930. The van der Waals surface area contributed by atoms with Crippen molar-refractivity contribution in [3.05, 3.63) is 158 Å². The number of aromatic nitrogens is 10. The van der Waals surface area contributed by atoms with Gasteiger partial charge in [-0.15, -0.1) is 0 Å². The standard InChI is InChI=1S/C50H45F2N11O5/c1-26-18-36(19-27(2)43(26)51)63-45(60-16-15-59(49(60)66)34-7-9-40-33(21-34)24-54-62(40)35-12-17-67-25-35)42-30(5)58(14-11-38(42)56-63)46(64)41-22-32-20-31(37-10-13-53-29(4)44(37)52)6-8-39(32)61(41)50(23-28(50)3)47-55-48(65)68-57-47/h6-10,13,15-16,18-22,24,28,30,35H,11-12,14,17,23,25H2,1-5H3,(H,55,57,65)/t28-,30-,35+,50-/m0/s1. The van der Waals surface area contributed by atoms with Crippen LogP contribution in [0.5, 0.6) is 0 Å². The Hall–Kier alpha value is -7.73. The number of aromatic amines is 1. The van der Waals surface area contributed by atoms with Crippen LogP contribution in [-0.4, -0.2) is 79.0 Å². The molecule has 2 fully saturated rings. The van der Waals surface area contributed by atoms with E-state index in [1.807, 2.05) is 59.5 Å². The summed E-state index contributed by atoms with van der Waals surface area (Å²) in [6, 6.07) is 17.7. The van der Waals surface area contributed by atoms with Crippen LogP contribution in [-0.2, 0) is 16.7 Å². The number of ether oxygens (including phenoxy) is 1. The topological polar surface area (TPSA) is 169 Å². The molecule has 1 saturated heterocycles. The average molecular weight is 918 g/mol.